The van der Waals surface area contributed by atoms with E-state index in [4.69, 9.17) is 0 Å². The summed E-state index contributed by atoms with van der Waals surface area (Å²) in [7, 11) is -2.41. The van der Waals surface area contributed by atoms with Gasteiger partial charge in [0.25, 0.3) is 17.9 Å². The number of rotatable bonds is 8. The average Bonchev–Trinajstić information content (AvgIpc) is 2.77. The molecule has 0 aromatic heterocycles. The van der Waals surface area contributed by atoms with Gasteiger partial charge in [0.2, 0.25) is 0 Å². The Morgan fingerprint density at radius 2 is 1.56 bits per heavy atom. The number of amides is 1. The van der Waals surface area contributed by atoms with E-state index in [0.717, 1.165) is 39.7 Å². The number of benzene rings is 1. The summed E-state index contributed by atoms with van der Waals surface area (Å²) in [5.41, 5.74) is -0.377. The van der Waals surface area contributed by atoms with Gasteiger partial charge in [0, 0.05) is 53.0 Å². The summed E-state index contributed by atoms with van der Waals surface area (Å²) in [6, 6.07) is 5.56. The van der Waals surface area contributed by atoms with Crippen molar-refractivity contribution in [3.63, 3.8) is 0 Å². The molecule has 214 valence electrons. The standard InChI is InChI=1S/C18H25F3N2O2.C6H10BO6.Na/c1-13(2)10-23(15-7-5-9-22(12-15)17(24)25)11-14-6-3-4-8-16(14)18(19,20)21;1-4(8)11-7(12-5(2)9)13-6(3)10;/h3-4,6,8,13,15H,5,7,9-12H2,1-2H3,(H,24,25);7H,1-3H3;/q;-1;+1/t15-;;/m0../s1. The molecular formula is C24H35BF3N2NaO8. The summed E-state index contributed by atoms with van der Waals surface area (Å²) in [5.74, 6) is -1.76. The Kier molecular flexibility index (Phi) is 16.4. The Labute approximate surface area is 248 Å². The van der Waals surface area contributed by atoms with Crippen LogP contribution in [-0.4, -0.2) is 71.9 Å². The number of alkyl halides is 3. The molecule has 1 N–H and O–H groups in total. The van der Waals surface area contributed by atoms with Crippen LogP contribution in [0.1, 0.15) is 58.6 Å². The number of hydrogen-bond donors (Lipinski definition) is 1. The van der Waals surface area contributed by atoms with Gasteiger partial charge in [0.1, 0.15) is 0 Å². The van der Waals surface area contributed by atoms with Crippen molar-refractivity contribution in [3.8, 4) is 0 Å². The van der Waals surface area contributed by atoms with E-state index in [1.807, 2.05) is 18.7 Å². The topological polar surface area (TPSA) is 123 Å². The zero-order valence-corrected chi connectivity index (χ0v) is 25.2. The molecule has 1 aliphatic rings. The average molecular weight is 570 g/mol. The summed E-state index contributed by atoms with van der Waals surface area (Å²) < 4.78 is 53.1. The van der Waals surface area contributed by atoms with E-state index >= 15 is 0 Å². The molecule has 15 heteroatoms. The van der Waals surface area contributed by atoms with Crippen LogP contribution < -0.4 is 29.6 Å². The number of hydrogen-bond acceptors (Lipinski definition) is 8. The summed E-state index contributed by atoms with van der Waals surface area (Å²) in [5, 5.41) is 9.22. The molecule has 10 nitrogen and oxygen atoms in total. The third-order valence-electron chi connectivity index (χ3n) is 5.44. The first-order chi connectivity index (χ1) is 17.6. The minimum atomic E-state index is -4.39. The maximum atomic E-state index is 13.3. The van der Waals surface area contributed by atoms with Crippen LogP contribution >= 0.6 is 0 Å². The Bertz CT molecular complexity index is 930. The molecule has 1 aliphatic heterocycles. The van der Waals surface area contributed by atoms with Crippen LogP contribution in [0.5, 0.6) is 0 Å². The van der Waals surface area contributed by atoms with Gasteiger partial charge in [-0.2, -0.15) is 13.2 Å². The zero-order valence-electron chi connectivity index (χ0n) is 23.2. The third kappa shape index (κ3) is 14.6. The van der Waals surface area contributed by atoms with Crippen molar-refractivity contribution in [3.05, 3.63) is 35.4 Å². The van der Waals surface area contributed by atoms with Crippen molar-refractivity contribution >= 4 is 31.3 Å². The number of carbonyl (C=O) groups excluding carboxylic acids is 3. The molecule has 1 aromatic rings. The number of halogens is 3. The van der Waals surface area contributed by atoms with Gasteiger partial charge >= 0.3 is 49.1 Å². The van der Waals surface area contributed by atoms with Crippen molar-refractivity contribution in [2.75, 3.05) is 19.6 Å². The van der Waals surface area contributed by atoms with Crippen LogP contribution in [0, 0.1) is 5.92 Å². The quantitative estimate of drug-likeness (QED) is 0.451. The molecule has 39 heavy (non-hydrogen) atoms. The molecule has 1 heterocycles. The maximum Gasteiger partial charge on any atom is 1.00 e. The van der Waals surface area contributed by atoms with E-state index < -0.39 is 43.1 Å². The molecule has 0 radical (unpaired) electrons. The van der Waals surface area contributed by atoms with E-state index in [1.165, 1.54) is 17.0 Å². The van der Waals surface area contributed by atoms with Gasteiger partial charge in [-0.15, -0.1) is 0 Å². The van der Waals surface area contributed by atoms with Gasteiger partial charge in [0.05, 0.1) is 5.56 Å². The van der Waals surface area contributed by atoms with Crippen LogP contribution in [0.2, 0.25) is 0 Å². The molecule has 0 saturated carbocycles. The maximum absolute atomic E-state index is 13.3. The van der Waals surface area contributed by atoms with E-state index in [2.05, 4.69) is 14.0 Å². The smallest absolute Gasteiger partial charge is 0.625 e. The molecule has 1 saturated heterocycles. The zero-order chi connectivity index (χ0) is 29.0. The van der Waals surface area contributed by atoms with Crippen molar-refractivity contribution in [1.29, 1.82) is 0 Å². The van der Waals surface area contributed by atoms with Crippen molar-refractivity contribution in [2.45, 2.75) is 66.2 Å². The van der Waals surface area contributed by atoms with Gasteiger partial charge in [-0.3, -0.25) is 19.3 Å². The van der Waals surface area contributed by atoms with E-state index in [-0.39, 0.29) is 53.6 Å². The van der Waals surface area contributed by atoms with Gasteiger partial charge < -0.3 is 24.0 Å². The summed E-state index contributed by atoms with van der Waals surface area (Å²) in [4.78, 5) is 45.9. The first-order valence-electron chi connectivity index (χ1n) is 12.1. The van der Waals surface area contributed by atoms with Gasteiger partial charge in [-0.25, -0.2) is 4.79 Å². The van der Waals surface area contributed by atoms with E-state index in [1.54, 1.807) is 6.07 Å². The van der Waals surface area contributed by atoms with Crippen molar-refractivity contribution < 1.29 is 81.0 Å². The second-order valence-corrected chi connectivity index (χ2v) is 9.26. The fourth-order valence-corrected chi connectivity index (χ4v) is 3.98. The molecule has 1 fully saturated rings. The number of nitrogens with zero attached hydrogens (tertiary/aromatic N) is 2. The van der Waals surface area contributed by atoms with Crippen LogP contribution in [0.15, 0.2) is 24.3 Å². The predicted molar refractivity (Wildman–Crippen MR) is 132 cm³/mol. The molecule has 1 atom stereocenters. The summed E-state index contributed by atoms with van der Waals surface area (Å²) in [6.07, 6.45) is -3.83. The monoisotopic (exact) mass is 570 g/mol. The Hall–Kier alpha value is -2.29. The fraction of sp³-hybridized carbons (Fsp3) is 0.583. The summed E-state index contributed by atoms with van der Waals surface area (Å²) >= 11 is 0. The van der Waals surface area contributed by atoms with Crippen LogP contribution in [0.25, 0.3) is 0 Å². The number of carbonyl (C=O) groups is 4. The SMILES string of the molecule is CC(=O)O[BH-](OC(C)=O)OC(C)=O.CC(C)CN(Cc1ccccc1C(F)(F)F)[C@H]1CCCN(C(=O)O)C1.[Na+]. The second kappa shape index (κ2) is 17.4. The Morgan fingerprint density at radius 1 is 1.05 bits per heavy atom. The molecule has 0 bridgehead atoms. The number of likely N-dealkylation sites (tertiary alicyclic amines) is 1. The number of piperidine rings is 1. The molecule has 1 aromatic carbocycles. The largest absolute Gasteiger partial charge is 1.00 e. The van der Waals surface area contributed by atoms with Crippen LogP contribution in [0.3, 0.4) is 0 Å². The molecule has 1 amide bonds. The van der Waals surface area contributed by atoms with Crippen molar-refractivity contribution in [2.24, 2.45) is 5.92 Å². The molecule has 0 aliphatic carbocycles. The van der Waals surface area contributed by atoms with E-state index in [9.17, 15) is 37.5 Å². The minimum Gasteiger partial charge on any atom is -0.625 e. The Morgan fingerprint density at radius 3 is 2.00 bits per heavy atom. The van der Waals surface area contributed by atoms with Gasteiger partial charge in [0.15, 0.2) is 0 Å². The Balaban J connectivity index is 0.000000881. The second-order valence-electron chi connectivity index (χ2n) is 9.26. The number of carboxylic acid groups (broad SMARTS) is 1. The van der Waals surface area contributed by atoms with Crippen LogP contribution in [-0.2, 0) is 41.1 Å². The minimum absolute atomic E-state index is 0. The fourth-order valence-electron chi connectivity index (χ4n) is 3.98. The first-order valence-corrected chi connectivity index (χ1v) is 12.1. The normalized spacial score (nSPS) is 15.2. The first kappa shape index (κ1) is 36.7. The predicted octanol–water partition coefficient (Wildman–Crippen LogP) is 0.703. The summed E-state index contributed by atoms with van der Waals surface area (Å²) in [6.45, 7) is 9.01. The van der Waals surface area contributed by atoms with E-state index in [0.29, 0.717) is 19.6 Å². The van der Waals surface area contributed by atoms with Gasteiger partial charge in [-0.1, -0.05) is 32.0 Å². The molecule has 0 spiro atoms. The van der Waals surface area contributed by atoms with Crippen molar-refractivity contribution in [1.82, 2.24) is 9.80 Å². The van der Waals surface area contributed by atoms with Gasteiger partial charge in [-0.05, 0) is 30.4 Å². The van der Waals surface area contributed by atoms with Crippen LogP contribution in [0.4, 0.5) is 18.0 Å². The molecular weight excluding hydrogens is 535 g/mol. The third-order valence-corrected chi connectivity index (χ3v) is 5.44. The molecule has 2 rings (SSSR count). The molecule has 0 unspecified atom stereocenters.